The van der Waals surface area contributed by atoms with Gasteiger partial charge in [0.05, 0.1) is 11.4 Å². The summed E-state index contributed by atoms with van der Waals surface area (Å²) in [5.41, 5.74) is 1.73. The van der Waals surface area contributed by atoms with Crippen LogP contribution in [0, 0.1) is 13.8 Å². The summed E-state index contributed by atoms with van der Waals surface area (Å²) in [6, 6.07) is 9.34. The first-order chi connectivity index (χ1) is 8.56. The Morgan fingerprint density at radius 2 is 2.00 bits per heavy atom. The zero-order valence-corrected chi connectivity index (χ0v) is 11.8. The lowest BCUT2D eigenvalue weighted by atomic mass is 10.4. The fourth-order valence-electron chi connectivity index (χ4n) is 1.62. The molecule has 0 atom stereocenters. The number of thioether (sulfide) groups is 1. The maximum absolute atomic E-state index is 12.0. The smallest absolute Gasteiger partial charge is 0.257 e. The number of aryl methyl sites for hydroxylation is 2. The molecule has 1 aromatic heterocycles. The lowest BCUT2D eigenvalue weighted by molar-refractivity contribution is 0.0924. The Morgan fingerprint density at radius 3 is 2.56 bits per heavy atom. The van der Waals surface area contributed by atoms with E-state index in [9.17, 15) is 4.79 Å². The molecule has 0 radical (unpaired) electrons. The molecule has 18 heavy (non-hydrogen) atoms. The summed E-state index contributed by atoms with van der Waals surface area (Å²) in [6.45, 7) is 3.76. The molecule has 0 unspecified atom stereocenters. The second kappa shape index (κ2) is 5.59. The molecule has 0 fully saturated rings. The van der Waals surface area contributed by atoms with Crippen LogP contribution in [0.15, 0.2) is 35.2 Å². The largest absolute Gasteiger partial charge is 0.272 e. The highest BCUT2D eigenvalue weighted by molar-refractivity contribution is 8.00. The van der Waals surface area contributed by atoms with Crippen LogP contribution >= 0.6 is 23.4 Å². The van der Waals surface area contributed by atoms with Gasteiger partial charge in [0.15, 0.2) is 0 Å². The fourth-order valence-corrected chi connectivity index (χ4v) is 2.49. The van der Waals surface area contributed by atoms with Gasteiger partial charge in [0, 0.05) is 15.6 Å². The second-order valence-electron chi connectivity index (χ2n) is 3.98. The molecule has 0 bridgehead atoms. The average molecular weight is 281 g/mol. The molecule has 0 aliphatic carbocycles. The molecule has 2 rings (SSSR count). The van der Waals surface area contributed by atoms with Gasteiger partial charge in [-0.15, -0.1) is 11.8 Å². The number of rotatable bonds is 3. The Balaban J connectivity index is 2.00. The van der Waals surface area contributed by atoms with Crippen molar-refractivity contribution < 1.29 is 4.79 Å². The number of carbonyl (C=O) groups is 1. The van der Waals surface area contributed by atoms with E-state index in [-0.39, 0.29) is 5.91 Å². The molecule has 1 aromatic carbocycles. The van der Waals surface area contributed by atoms with Gasteiger partial charge in [-0.25, -0.2) is 4.68 Å². The highest BCUT2D eigenvalue weighted by Crippen LogP contribution is 2.20. The van der Waals surface area contributed by atoms with Crippen LogP contribution in [0.2, 0.25) is 5.02 Å². The van der Waals surface area contributed by atoms with E-state index in [1.807, 2.05) is 44.2 Å². The monoisotopic (exact) mass is 280 g/mol. The van der Waals surface area contributed by atoms with Crippen LogP contribution in [0.1, 0.15) is 16.2 Å². The predicted octanol–water partition coefficient (Wildman–Crippen LogP) is 3.59. The molecule has 3 nitrogen and oxygen atoms in total. The maximum atomic E-state index is 12.0. The van der Waals surface area contributed by atoms with Gasteiger partial charge < -0.3 is 0 Å². The van der Waals surface area contributed by atoms with Crippen LogP contribution in [-0.4, -0.2) is 21.4 Å². The lowest BCUT2D eigenvalue weighted by Gasteiger charge is -2.03. The average Bonchev–Trinajstić information content (AvgIpc) is 2.67. The first-order valence-electron chi connectivity index (χ1n) is 5.51. The normalized spacial score (nSPS) is 10.6. The number of benzene rings is 1. The molecular formula is C13H13ClN2OS. The number of halogens is 1. The third kappa shape index (κ3) is 3.15. The highest BCUT2D eigenvalue weighted by atomic mass is 35.5. The molecule has 0 saturated heterocycles. The topological polar surface area (TPSA) is 34.9 Å². The van der Waals surface area contributed by atoms with Crippen LogP contribution in [0.25, 0.3) is 0 Å². The van der Waals surface area contributed by atoms with E-state index in [4.69, 9.17) is 11.6 Å². The number of nitrogens with zero attached hydrogens (tertiary/aromatic N) is 2. The molecule has 0 amide bonds. The number of aromatic nitrogens is 2. The van der Waals surface area contributed by atoms with E-state index in [0.717, 1.165) is 16.3 Å². The van der Waals surface area contributed by atoms with Crippen molar-refractivity contribution in [1.82, 2.24) is 9.78 Å². The molecule has 0 spiro atoms. The third-order valence-corrected chi connectivity index (χ3v) is 3.67. The van der Waals surface area contributed by atoms with Gasteiger partial charge in [0.1, 0.15) is 0 Å². The van der Waals surface area contributed by atoms with Crippen LogP contribution in [0.3, 0.4) is 0 Å². The van der Waals surface area contributed by atoms with Gasteiger partial charge in [-0.2, -0.15) is 5.10 Å². The summed E-state index contributed by atoms with van der Waals surface area (Å²) in [7, 11) is 0. The summed E-state index contributed by atoms with van der Waals surface area (Å²) < 4.78 is 1.46. The van der Waals surface area contributed by atoms with Crippen molar-refractivity contribution in [3.63, 3.8) is 0 Å². The molecule has 0 N–H and O–H groups in total. The number of hydrogen-bond acceptors (Lipinski definition) is 3. The SMILES string of the molecule is Cc1cc(C)n(C(=O)CSc2ccc(Cl)cc2)n1. The third-order valence-electron chi connectivity index (χ3n) is 2.42. The maximum Gasteiger partial charge on any atom is 0.257 e. The van der Waals surface area contributed by atoms with E-state index >= 15 is 0 Å². The van der Waals surface area contributed by atoms with Crippen molar-refractivity contribution in [3.05, 3.63) is 46.7 Å². The minimum absolute atomic E-state index is 0.0134. The first kappa shape index (κ1) is 13.2. The zero-order valence-electron chi connectivity index (χ0n) is 10.2. The Labute approximate surface area is 115 Å². The van der Waals surface area contributed by atoms with Gasteiger partial charge in [-0.05, 0) is 44.2 Å². The van der Waals surface area contributed by atoms with Crippen LogP contribution in [-0.2, 0) is 0 Å². The van der Waals surface area contributed by atoms with Crippen molar-refractivity contribution in [1.29, 1.82) is 0 Å². The summed E-state index contributed by atoms with van der Waals surface area (Å²) in [5, 5.41) is 4.87. The standard InChI is InChI=1S/C13H13ClN2OS/c1-9-7-10(2)16(15-9)13(17)8-18-12-5-3-11(14)4-6-12/h3-7H,8H2,1-2H3. The lowest BCUT2D eigenvalue weighted by Crippen LogP contribution is -2.16. The molecule has 1 heterocycles. The van der Waals surface area contributed by atoms with Crippen LogP contribution in [0.5, 0.6) is 0 Å². The minimum Gasteiger partial charge on any atom is -0.272 e. The quantitative estimate of drug-likeness (QED) is 0.806. The Kier molecular flexibility index (Phi) is 4.09. The molecule has 2 aromatic rings. The molecule has 0 saturated carbocycles. The van der Waals surface area contributed by atoms with Gasteiger partial charge in [0.25, 0.3) is 5.91 Å². The van der Waals surface area contributed by atoms with Gasteiger partial charge in [-0.3, -0.25) is 4.79 Å². The van der Waals surface area contributed by atoms with Crippen molar-refractivity contribution in [2.24, 2.45) is 0 Å². The predicted molar refractivity (Wildman–Crippen MR) is 74.5 cm³/mol. The van der Waals surface area contributed by atoms with Gasteiger partial charge in [0.2, 0.25) is 0 Å². The fraction of sp³-hybridized carbons (Fsp3) is 0.231. The Morgan fingerprint density at radius 1 is 1.33 bits per heavy atom. The van der Waals surface area contributed by atoms with Crippen molar-refractivity contribution in [2.75, 3.05) is 5.75 Å². The minimum atomic E-state index is -0.0134. The molecule has 94 valence electrons. The van der Waals surface area contributed by atoms with E-state index in [1.54, 1.807) is 0 Å². The number of carbonyl (C=O) groups excluding carboxylic acids is 1. The van der Waals surface area contributed by atoms with Crippen molar-refractivity contribution >= 4 is 29.3 Å². The van der Waals surface area contributed by atoms with E-state index < -0.39 is 0 Å². The summed E-state index contributed by atoms with van der Waals surface area (Å²) >= 11 is 7.28. The second-order valence-corrected chi connectivity index (χ2v) is 5.46. The Bertz CT molecular complexity index is 563. The summed E-state index contributed by atoms with van der Waals surface area (Å²) in [5.74, 6) is 0.351. The summed E-state index contributed by atoms with van der Waals surface area (Å²) in [4.78, 5) is 13.0. The molecule has 0 aliphatic rings. The molecule has 0 aliphatic heterocycles. The highest BCUT2D eigenvalue weighted by Gasteiger charge is 2.10. The summed E-state index contributed by atoms with van der Waals surface area (Å²) in [6.07, 6.45) is 0. The van der Waals surface area contributed by atoms with Crippen molar-refractivity contribution in [3.8, 4) is 0 Å². The van der Waals surface area contributed by atoms with Crippen LogP contribution < -0.4 is 0 Å². The van der Waals surface area contributed by atoms with E-state index in [1.165, 1.54) is 16.4 Å². The van der Waals surface area contributed by atoms with Gasteiger partial charge >= 0.3 is 0 Å². The number of hydrogen-bond donors (Lipinski definition) is 0. The van der Waals surface area contributed by atoms with Gasteiger partial charge in [-0.1, -0.05) is 11.6 Å². The van der Waals surface area contributed by atoms with Crippen LogP contribution in [0.4, 0.5) is 0 Å². The van der Waals surface area contributed by atoms with Crippen molar-refractivity contribution in [2.45, 2.75) is 18.7 Å². The van der Waals surface area contributed by atoms with E-state index in [2.05, 4.69) is 5.10 Å². The Hall–Kier alpha value is -1.26. The first-order valence-corrected chi connectivity index (χ1v) is 6.87. The zero-order chi connectivity index (χ0) is 13.1. The van der Waals surface area contributed by atoms with E-state index in [0.29, 0.717) is 10.8 Å². The molecular weight excluding hydrogens is 268 g/mol. The molecule has 5 heteroatoms.